The van der Waals surface area contributed by atoms with E-state index in [-0.39, 0.29) is 24.4 Å². The Bertz CT molecular complexity index is 888. The number of hydrogen-bond acceptors (Lipinski definition) is 7. The molecular weight excluding hydrogens is 398 g/mol. The summed E-state index contributed by atoms with van der Waals surface area (Å²) in [5.74, 6) is 0.303. The summed E-state index contributed by atoms with van der Waals surface area (Å²) in [4.78, 5) is 31.1. The molecule has 0 saturated carbocycles. The number of anilines is 1. The number of ether oxygens (including phenoxy) is 2. The van der Waals surface area contributed by atoms with Crippen molar-refractivity contribution >= 4 is 17.5 Å². The lowest BCUT2D eigenvalue weighted by Crippen LogP contribution is -2.63. The fourth-order valence-corrected chi connectivity index (χ4v) is 3.72. The first-order valence-corrected chi connectivity index (χ1v) is 10.4. The number of nitrogens with zero attached hydrogens (tertiary/aromatic N) is 2. The molecule has 1 aromatic heterocycles. The zero-order valence-electron chi connectivity index (χ0n) is 17.3. The van der Waals surface area contributed by atoms with Gasteiger partial charge in [-0.25, -0.2) is 0 Å². The Hall–Kier alpha value is -3.01. The molecule has 3 N–H and O–H groups in total. The highest BCUT2D eigenvalue weighted by Crippen LogP contribution is 2.25. The Morgan fingerprint density at radius 3 is 2.87 bits per heavy atom. The van der Waals surface area contributed by atoms with E-state index in [4.69, 9.17) is 9.47 Å². The van der Waals surface area contributed by atoms with Gasteiger partial charge in [-0.15, -0.1) is 0 Å². The minimum Gasteiger partial charge on any atom is -0.487 e. The number of aromatic nitrogens is 1. The Morgan fingerprint density at radius 1 is 1.23 bits per heavy atom. The van der Waals surface area contributed by atoms with E-state index in [1.807, 2.05) is 24.3 Å². The maximum atomic E-state index is 12.7. The lowest BCUT2D eigenvalue weighted by Gasteiger charge is -2.40. The van der Waals surface area contributed by atoms with Crippen LogP contribution in [-0.2, 0) is 20.9 Å². The molecule has 4 rings (SSSR count). The van der Waals surface area contributed by atoms with Crippen molar-refractivity contribution in [2.45, 2.75) is 31.8 Å². The molecule has 2 atom stereocenters. The first-order chi connectivity index (χ1) is 15.2. The van der Waals surface area contributed by atoms with E-state index in [0.29, 0.717) is 37.7 Å². The van der Waals surface area contributed by atoms with Crippen molar-refractivity contribution in [1.29, 1.82) is 0 Å². The molecule has 0 bridgehead atoms. The van der Waals surface area contributed by atoms with Gasteiger partial charge >= 0.3 is 0 Å². The Labute approximate surface area is 181 Å². The highest BCUT2D eigenvalue weighted by Gasteiger charge is 2.31. The maximum Gasteiger partial charge on any atom is 0.227 e. The fraction of sp³-hybridized carbons (Fsp3) is 0.409. The fourth-order valence-electron chi connectivity index (χ4n) is 3.72. The molecule has 0 aliphatic carbocycles. The number of amides is 2. The third kappa shape index (κ3) is 6.00. The number of para-hydroxylation sites is 2. The normalized spacial score (nSPS) is 21.9. The van der Waals surface area contributed by atoms with E-state index in [1.54, 1.807) is 24.5 Å². The van der Waals surface area contributed by atoms with Gasteiger partial charge in [0.25, 0.3) is 0 Å². The molecule has 3 heterocycles. The van der Waals surface area contributed by atoms with Gasteiger partial charge in [0.2, 0.25) is 11.8 Å². The number of carbonyl (C=O) groups excluding carboxylic acids is 2. The summed E-state index contributed by atoms with van der Waals surface area (Å²) in [7, 11) is 0. The summed E-state index contributed by atoms with van der Waals surface area (Å²) in [6, 6.07) is 11.1. The van der Waals surface area contributed by atoms with Gasteiger partial charge in [0, 0.05) is 31.0 Å². The van der Waals surface area contributed by atoms with Crippen molar-refractivity contribution in [3.63, 3.8) is 0 Å². The van der Waals surface area contributed by atoms with Gasteiger partial charge in [-0.05, 0) is 18.2 Å². The molecule has 0 radical (unpaired) electrons. The molecule has 2 amide bonds. The van der Waals surface area contributed by atoms with Crippen LogP contribution < -0.4 is 20.7 Å². The third-order valence-electron chi connectivity index (χ3n) is 5.26. The smallest absolute Gasteiger partial charge is 0.227 e. The van der Waals surface area contributed by atoms with Gasteiger partial charge in [-0.1, -0.05) is 18.2 Å². The van der Waals surface area contributed by atoms with Crippen LogP contribution in [0.2, 0.25) is 0 Å². The van der Waals surface area contributed by atoms with E-state index in [1.165, 1.54) is 0 Å². The Balaban J connectivity index is 1.33. The largest absolute Gasteiger partial charge is 0.487 e. The molecule has 0 spiro atoms. The minimum atomic E-state index is -0.433. The number of carbonyl (C=O) groups is 2. The lowest BCUT2D eigenvalue weighted by atomic mass is 10.1. The van der Waals surface area contributed by atoms with Gasteiger partial charge in [0.05, 0.1) is 44.1 Å². The highest BCUT2D eigenvalue weighted by atomic mass is 16.5. The molecule has 9 heteroatoms. The van der Waals surface area contributed by atoms with Crippen LogP contribution in [-0.4, -0.2) is 60.3 Å². The molecule has 164 valence electrons. The van der Waals surface area contributed by atoms with Crippen molar-refractivity contribution in [2.24, 2.45) is 0 Å². The van der Waals surface area contributed by atoms with E-state index in [2.05, 4.69) is 25.8 Å². The minimum absolute atomic E-state index is 0.0618. The summed E-state index contributed by atoms with van der Waals surface area (Å²) >= 11 is 0. The van der Waals surface area contributed by atoms with Crippen LogP contribution >= 0.6 is 0 Å². The second-order valence-corrected chi connectivity index (χ2v) is 7.55. The molecule has 2 aromatic rings. The van der Waals surface area contributed by atoms with Crippen LogP contribution in [0.4, 0.5) is 5.69 Å². The standard InChI is InChI=1S/C22H27N5O4/c28-21(12-19-25-20(13-22(29)26-19)27-8-10-30-11-9-27)24-17-5-1-2-6-18(17)31-15-16-4-3-7-23-14-16/h1-7,14,19-20,25H,8-13,15H2,(H,24,28)(H,26,29). The summed E-state index contributed by atoms with van der Waals surface area (Å²) in [6.07, 6.45) is 3.40. The second-order valence-electron chi connectivity index (χ2n) is 7.55. The quantitative estimate of drug-likeness (QED) is 0.610. The molecule has 2 aliphatic rings. The predicted molar refractivity (Wildman–Crippen MR) is 114 cm³/mol. The molecule has 2 fully saturated rings. The van der Waals surface area contributed by atoms with Gasteiger partial charge in [-0.2, -0.15) is 0 Å². The Morgan fingerprint density at radius 2 is 2.06 bits per heavy atom. The number of nitrogens with one attached hydrogen (secondary N) is 3. The first kappa shape index (κ1) is 21.2. The monoisotopic (exact) mass is 425 g/mol. The second kappa shape index (κ2) is 10.3. The van der Waals surface area contributed by atoms with E-state index >= 15 is 0 Å². The van der Waals surface area contributed by atoms with Crippen LogP contribution in [0.15, 0.2) is 48.8 Å². The predicted octanol–water partition coefficient (Wildman–Crippen LogP) is 1.08. The lowest BCUT2D eigenvalue weighted by molar-refractivity contribution is -0.128. The average Bonchev–Trinajstić information content (AvgIpc) is 2.79. The number of rotatable bonds is 7. The molecule has 2 aliphatic heterocycles. The molecule has 31 heavy (non-hydrogen) atoms. The van der Waals surface area contributed by atoms with Crippen molar-refractivity contribution in [1.82, 2.24) is 20.5 Å². The summed E-state index contributed by atoms with van der Waals surface area (Å²) in [5, 5.41) is 9.13. The van der Waals surface area contributed by atoms with Gasteiger partial charge in [-0.3, -0.25) is 24.8 Å². The van der Waals surface area contributed by atoms with Gasteiger partial charge in [0.1, 0.15) is 12.4 Å². The van der Waals surface area contributed by atoms with Crippen molar-refractivity contribution in [2.75, 3.05) is 31.6 Å². The SMILES string of the molecule is O=C(CC1NC(=O)CC(N2CCOCC2)N1)Nc1ccccc1OCc1cccnc1. The van der Waals surface area contributed by atoms with Crippen molar-refractivity contribution < 1.29 is 19.1 Å². The topological polar surface area (TPSA) is 105 Å². The number of hydrogen-bond donors (Lipinski definition) is 3. The van der Waals surface area contributed by atoms with Crippen molar-refractivity contribution in [3.8, 4) is 5.75 Å². The van der Waals surface area contributed by atoms with E-state index in [9.17, 15) is 9.59 Å². The zero-order valence-corrected chi connectivity index (χ0v) is 17.3. The molecule has 2 saturated heterocycles. The van der Waals surface area contributed by atoms with E-state index in [0.717, 1.165) is 18.7 Å². The number of pyridine rings is 1. The molecule has 2 unspecified atom stereocenters. The highest BCUT2D eigenvalue weighted by molar-refractivity contribution is 5.93. The molecule has 1 aromatic carbocycles. The molecular formula is C22H27N5O4. The Kier molecular flexibility index (Phi) is 7.08. The van der Waals surface area contributed by atoms with Crippen LogP contribution in [0.5, 0.6) is 5.75 Å². The summed E-state index contributed by atoms with van der Waals surface area (Å²) in [5.41, 5.74) is 1.52. The summed E-state index contributed by atoms with van der Waals surface area (Å²) in [6.45, 7) is 3.20. The van der Waals surface area contributed by atoms with E-state index < -0.39 is 6.17 Å². The first-order valence-electron chi connectivity index (χ1n) is 10.4. The average molecular weight is 425 g/mol. The maximum absolute atomic E-state index is 12.7. The van der Waals surface area contributed by atoms with Crippen LogP contribution in [0.25, 0.3) is 0 Å². The van der Waals surface area contributed by atoms with Crippen molar-refractivity contribution in [3.05, 3.63) is 54.4 Å². The van der Waals surface area contributed by atoms with Gasteiger partial charge in [0.15, 0.2) is 0 Å². The van der Waals surface area contributed by atoms with Crippen LogP contribution in [0.1, 0.15) is 18.4 Å². The zero-order chi connectivity index (χ0) is 21.5. The van der Waals surface area contributed by atoms with Crippen LogP contribution in [0, 0.1) is 0 Å². The van der Waals surface area contributed by atoms with Gasteiger partial charge < -0.3 is 20.1 Å². The molecule has 9 nitrogen and oxygen atoms in total. The third-order valence-corrected chi connectivity index (χ3v) is 5.26. The van der Waals surface area contributed by atoms with Crippen LogP contribution in [0.3, 0.4) is 0 Å². The summed E-state index contributed by atoms with van der Waals surface area (Å²) < 4.78 is 11.3. The number of morpholine rings is 1. The number of benzene rings is 1.